The molecule has 1 N–H and O–H groups in total. The number of hydrogen-bond donors (Lipinski definition) is 1. The first-order valence-electron chi connectivity index (χ1n) is 4.70. The summed E-state index contributed by atoms with van der Waals surface area (Å²) in [6, 6.07) is 0. The third kappa shape index (κ3) is 4.22. The molecule has 0 spiro atoms. The number of rotatable bonds is 4. The van der Waals surface area contributed by atoms with Crippen molar-refractivity contribution in [3.05, 3.63) is 0 Å². The van der Waals surface area contributed by atoms with E-state index < -0.39 is 7.60 Å². The molecule has 0 aromatic carbocycles. The van der Waals surface area contributed by atoms with Crippen LogP contribution in [0.2, 0.25) is 0 Å². The summed E-state index contributed by atoms with van der Waals surface area (Å²) in [5, 5.41) is 2.45. The maximum absolute atomic E-state index is 11.3. The molecule has 1 aliphatic carbocycles. The van der Waals surface area contributed by atoms with Crippen LogP contribution in [-0.4, -0.2) is 19.3 Å². The first kappa shape index (κ1) is 11.7. The van der Waals surface area contributed by atoms with Gasteiger partial charge < -0.3 is 19.3 Å². The lowest BCUT2D eigenvalue weighted by atomic mass is 10.1. The minimum Gasteiger partial charge on any atom is -0.779 e. The zero-order valence-corrected chi connectivity index (χ0v) is 9.09. The van der Waals surface area contributed by atoms with Gasteiger partial charge in [0.05, 0.1) is 0 Å². The summed E-state index contributed by atoms with van der Waals surface area (Å²) in [6.45, 7) is 0.737. The molecule has 0 saturated heterocycles. The monoisotopic (exact) mass is 220 g/mol. The van der Waals surface area contributed by atoms with Crippen molar-refractivity contribution in [2.24, 2.45) is 5.92 Å². The van der Waals surface area contributed by atoms with Gasteiger partial charge in [-0.1, -0.05) is 12.8 Å². The van der Waals surface area contributed by atoms with E-state index in [-0.39, 0.29) is 18.6 Å². The van der Waals surface area contributed by atoms with Crippen LogP contribution in [0.1, 0.15) is 25.7 Å². The van der Waals surface area contributed by atoms with Gasteiger partial charge in [0.15, 0.2) is 0 Å². The van der Waals surface area contributed by atoms with Crippen molar-refractivity contribution in [3.8, 4) is 0 Å². The Bertz CT molecular complexity index is 244. The molecular weight excluding hydrogens is 205 g/mol. The van der Waals surface area contributed by atoms with Crippen LogP contribution in [0.25, 0.3) is 0 Å². The topological polar surface area (TPSA) is 78.5 Å². The Labute approximate surface area is 83.4 Å². The van der Waals surface area contributed by atoms with Crippen LogP contribution in [0.5, 0.6) is 0 Å². The first-order valence-corrected chi connectivity index (χ1v) is 6.69. The average Bonchev–Trinajstić information content (AvgIpc) is 2.53. The van der Waals surface area contributed by atoms with Crippen LogP contribution in [0.3, 0.4) is 0 Å². The summed E-state index contributed by atoms with van der Waals surface area (Å²) in [5.74, 6) is -0.0579. The Balaban J connectivity index is 2.18. The Kier molecular flexibility index (Phi) is 4.11. The Morgan fingerprint density at radius 3 is 2.64 bits per heavy atom. The molecule has 1 unspecified atom stereocenters. The Hall–Kier alpha value is -0.380. The van der Waals surface area contributed by atoms with E-state index in [2.05, 4.69) is 9.84 Å². The van der Waals surface area contributed by atoms with Crippen molar-refractivity contribution in [2.45, 2.75) is 25.7 Å². The molecule has 0 aromatic heterocycles. The van der Waals surface area contributed by atoms with Gasteiger partial charge in [-0.3, -0.25) is 4.79 Å². The summed E-state index contributed by atoms with van der Waals surface area (Å²) in [4.78, 5) is 21.9. The van der Waals surface area contributed by atoms with Gasteiger partial charge in [0.1, 0.15) is 14.3 Å². The molecule has 1 saturated carbocycles. The van der Waals surface area contributed by atoms with Crippen LogP contribution in [-0.2, 0) is 13.9 Å². The average molecular weight is 220 g/mol. The summed E-state index contributed by atoms with van der Waals surface area (Å²) in [7, 11) is -3.72. The lowest BCUT2D eigenvalue weighted by molar-refractivity contribution is -0.197. The van der Waals surface area contributed by atoms with Gasteiger partial charge in [-0.05, 0) is 12.8 Å². The number of nitrogens with one attached hydrogen (secondary N) is 1. The van der Waals surface area contributed by atoms with Crippen molar-refractivity contribution < 1.29 is 18.8 Å². The van der Waals surface area contributed by atoms with Gasteiger partial charge in [0.2, 0.25) is 5.91 Å². The highest BCUT2D eigenvalue weighted by atomic mass is 31.2. The minimum atomic E-state index is -3.72. The van der Waals surface area contributed by atoms with Gasteiger partial charge in [-0.25, -0.2) is 0 Å². The second-order valence-corrected chi connectivity index (χ2v) is 5.37. The van der Waals surface area contributed by atoms with Crippen LogP contribution < -0.4 is 10.2 Å². The molecule has 0 aromatic rings. The molecule has 0 bridgehead atoms. The highest BCUT2D eigenvalue weighted by molar-refractivity contribution is 7.50. The number of hydrogen-bond acceptors (Lipinski definition) is 4. The molecule has 0 radical (unpaired) electrons. The summed E-state index contributed by atoms with van der Waals surface area (Å²) < 4.78 is 15.0. The normalized spacial score (nSPS) is 21.9. The maximum atomic E-state index is 11.3. The van der Waals surface area contributed by atoms with E-state index in [4.69, 9.17) is 0 Å². The summed E-state index contributed by atoms with van der Waals surface area (Å²) >= 11 is 0. The van der Waals surface area contributed by atoms with E-state index in [0.29, 0.717) is 0 Å². The van der Waals surface area contributed by atoms with Gasteiger partial charge >= 0.3 is 0 Å². The zero-order chi connectivity index (χ0) is 10.6. The molecule has 6 heteroatoms. The smallest absolute Gasteiger partial charge is 0.224 e. The van der Waals surface area contributed by atoms with E-state index in [1.165, 1.54) is 0 Å². The molecule has 14 heavy (non-hydrogen) atoms. The third-order valence-corrected chi connectivity index (χ3v) is 2.87. The van der Waals surface area contributed by atoms with E-state index in [0.717, 1.165) is 32.3 Å². The first-order chi connectivity index (χ1) is 6.49. The SMILES string of the molecule is CP(=O)([O-])OCNC(=O)C1CCCC1. The number of carbonyl (C=O) groups excluding carboxylic acids is 1. The third-order valence-electron chi connectivity index (χ3n) is 2.27. The Morgan fingerprint density at radius 1 is 1.57 bits per heavy atom. The van der Waals surface area contributed by atoms with Gasteiger partial charge in [-0.2, -0.15) is 0 Å². The highest BCUT2D eigenvalue weighted by Gasteiger charge is 2.22. The lowest BCUT2D eigenvalue weighted by Crippen LogP contribution is -2.31. The Morgan fingerprint density at radius 2 is 2.14 bits per heavy atom. The van der Waals surface area contributed by atoms with E-state index in [1.54, 1.807) is 0 Å². The largest absolute Gasteiger partial charge is 0.779 e. The van der Waals surface area contributed by atoms with Crippen LogP contribution in [0, 0.1) is 5.92 Å². The standard InChI is InChI=1S/C8H16NO4P/c1-14(11,12)13-6-9-8(10)7-4-2-3-5-7/h7H,2-6H2,1H3,(H,9,10)(H,11,12)/p-1. The molecule has 82 valence electrons. The zero-order valence-electron chi connectivity index (χ0n) is 8.19. The van der Waals surface area contributed by atoms with Gasteiger partial charge in [0.25, 0.3) is 0 Å². The lowest BCUT2D eigenvalue weighted by Gasteiger charge is -2.18. The number of carbonyl (C=O) groups is 1. The van der Waals surface area contributed by atoms with Crippen molar-refractivity contribution in [2.75, 3.05) is 13.4 Å². The fourth-order valence-electron chi connectivity index (χ4n) is 1.55. The molecule has 1 atom stereocenters. The summed E-state index contributed by atoms with van der Waals surface area (Å²) in [6.07, 6.45) is 3.94. The molecule has 1 fully saturated rings. The highest BCUT2D eigenvalue weighted by Crippen LogP contribution is 2.30. The second kappa shape index (κ2) is 4.91. The summed E-state index contributed by atoms with van der Waals surface area (Å²) in [5.41, 5.74) is 0. The molecule has 0 aliphatic heterocycles. The fourth-order valence-corrected chi connectivity index (χ4v) is 1.85. The van der Waals surface area contributed by atoms with E-state index in [1.807, 2.05) is 0 Å². The van der Waals surface area contributed by atoms with Crippen LogP contribution >= 0.6 is 7.60 Å². The molecule has 1 aliphatic rings. The van der Waals surface area contributed by atoms with Crippen molar-refractivity contribution >= 4 is 13.5 Å². The maximum Gasteiger partial charge on any atom is 0.224 e. The number of amides is 1. The molecule has 1 amide bonds. The van der Waals surface area contributed by atoms with Crippen LogP contribution in [0.15, 0.2) is 0 Å². The van der Waals surface area contributed by atoms with Gasteiger partial charge in [-0.15, -0.1) is 0 Å². The quantitative estimate of drug-likeness (QED) is 0.551. The predicted octanol–water partition coefficient (Wildman–Crippen LogP) is 0.450. The minimum absolute atomic E-state index is 0.0430. The molecule has 1 rings (SSSR count). The molecule has 0 heterocycles. The second-order valence-electron chi connectivity index (χ2n) is 3.57. The van der Waals surface area contributed by atoms with Crippen molar-refractivity contribution in [1.82, 2.24) is 5.32 Å². The molecule has 5 nitrogen and oxygen atoms in total. The van der Waals surface area contributed by atoms with Crippen LogP contribution in [0.4, 0.5) is 0 Å². The molecular formula is C8H15NO4P-. The van der Waals surface area contributed by atoms with E-state index in [9.17, 15) is 14.3 Å². The van der Waals surface area contributed by atoms with Gasteiger partial charge in [0, 0.05) is 12.6 Å². The fraction of sp³-hybridized carbons (Fsp3) is 0.875. The predicted molar refractivity (Wildman–Crippen MR) is 49.6 cm³/mol. The van der Waals surface area contributed by atoms with Crippen molar-refractivity contribution in [3.63, 3.8) is 0 Å². The van der Waals surface area contributed by atoms with E-state index >= 15 is 0 Å². The van der Waals surface area contributed by atoms with Crippen molar-refractivity contribution in [1.29, 1.82) is 0 Å².